The van der Waals surface area contributed by atoms with E-state index in [1.54, 1.807) is 7.05 Å². The van der Waals surface area contributed by atoms with E-state index in [1.165, 1.54) is 46.1 Å². The van der Waals surface area contributed by atoms with Crippen molar-refractivity contribution >= 4 is 23.8 Å². The summed E-state index contributed by atoms with van der Waals surface area (Å²) in [6.07, 6.45) is 3.87. The Bertz CT molecular complexity index is 951. The number of rotatable bonds is 11. The molecule has 1 fully saturated rings. The second kappa shape index (κ2) is 13.3. The average molecular weight is 492 g/mol. The van der Waals surface area contributed by atoms with Crippen LogP contribution in [0, 0.1) is 24.1 Å². The molecule has 0 aromatic heterocycles. The maximum Gasteiger partial charge on any atom is 0.334 e. The van der Waals surface area contributed by atoms with Crippen LogP contribution < -0.4 is 10.6 Å². The number of nitrogens with zero attached hydrogens (tertiary/aromatic N) is 3. The molecule has 11 nitrogen and oxygen atoms in total. The summed E-state index contributed by atoms with van der Waals surface area (Å²) in [5, 5.41) is 17.2. The molecule has 1 saturated heterocycles. The highest BCUT2D eigenvalue weighted by Crippen LogP contribution is 2.14. The summed E-state index contributed by atoms with van der Waals surface area (Å²) in [4.78, 5) is 50.7. The largest absolute Gasteiger partial charge is 0.481 e. The molecule has 4 amide bonds. The number of aliphatic carboxylic acids is 1. The van der Waals surface area contributed by atoms with Crippen LogP contribution in [0.3, 0.4) is 0 Å². The van der Waals surface area contributed by atoms with Gasteiger partial charge in [-0.25, -0.2) is 19.2 Å². The number of likely N-dealkylation sites (N-methyl/N-ethyl adjacent to an activating group) is 1. The second-order valence-electron chi connectivity index (χ2n) is 8.07. The predicted octanol–water partition coefficient (Wildman–Crippen LogP) is 0.229. The van der Waals surface area contributed by atoms with Crippen LogP contribution in [0.15, 0.2) is 24.3 Å². The van der Waals surface area contributed by atoms with Gasteiger partial charge in [-0.3, -0.25) is 14.4 Å². The molecular formula is C23H30FN5O6. The van der Waals surface area contributed by atoms with E-state index in [-0.39, 0.29) is 51.7 Å². The molecule has 0 bridgehead atoms. The Labute approximate surface area is 203 Å². The highest BCUT2D eigenvalue weighted by Gasteiger charge is 2.37. The van der Waals surface area contributed by atoms with E-state index in [1.807, 2.05) is 0 Å². The number of benzene rings is 1. The number of hydrogen-bond acceptors (Lipinski definition) is 6. The molecule has 0 spiro atoms. The zero-order chi connectivity index (χ0) is 26.0. The van der Waals surface area contributed by atoms with Crippen molar-refractivity contribution in [2.45, 2.75) is 26.1 Å². The van der Waals surface area contributed by atoms with Gasteiger partial charge in [0.1, 0.15) is 18.6 Å². The fraction of sp³-hybridized carbons (Fsp3) is 0.478. The number of hydrogen-bond donors (Lipinski definition) is 3. The number of amides is 4. The molecule has 0 saturated carbocycles. The van der Waals surface area contributed by atoms with Crippen LogP contribution in [0.5, 0.6) is 0 Å². The third-order valence-electron chi connectivity index (χ3n) is 5.23. The number of nitrogens with one attached hydrogen (secondary N) is 2. The van der Waals surface area contributed by atoms with E-state index in [0.717, 1.165) is 0 Å². The molecule has 0 radical (unpaired) electrons. The summed E-state index contributed by atoms with van der Waals surface area (Å²) in [7, 11) is 1.55. The number of terminal acetylenes is 1. The normalized spacial score (nSPS) is 16.7. The first kappa shape index (κ1) is 27.6. The lowest BCUT2D eigenvalue weighted by molar-refractivity contribution is -0.148. The number of carbonyl (C=O) groups excluding carboxylic acids is 3. The fourth-order valence-corrected chi connectivity index (χ4v) is 3.56. The van der Waals surface area contributed by atoms with Crippen molar-refractivity contribution in [3.8, 4) is 12.3 Å². The molecule has 0 aliphatic carbocycles. The van der Waals surface area contributed by atoms with Crippen molar-refractivity contribution in [3.05, 3.63) is 35.6 Å². The Morgan fingerprint density at radius 2 is 2.06 bits per heavy atom. The van der Waals surface area contributed by atoms with Crippen LogP contribution in [0.4, 0.5) is 9.18 Å². The Hall–Kier alpha value is -3.69. The van der Waals surface area contributed by atoms with E-state index in [2.05, 4.69) is 16.6 Å². The Balaban J connectivity index is 2.16. The number of halogens is 1. The number of carboxylic acid groups (broad SMARTS) is 1. The Morgan fingerprint density at radius 1 is 1.37 bits per heavy atom. The van der Waals surface area contributed by atoms with Gasteiger partial charge in [0.25, 0.3) is 0 Å². The van der Waals surface area contributed by atoms with E-state index < -0.39 is 35.8 Å². The van der Waals surface area contributed by atoms with Gasteiger partial charge in [0, 0.05) is 26.1 Å². The van der Waals surface area contributed by atoms with Crippen molar-refractivity contribution in [2.75, 3.05) is 39.9 Å². The lowest BCUT2D eigenvalue weighted by Crippen LogP contribution is -2.69. The van der Waals surface area contributed by atoms with Gasteiger partial charge in [-0.2, -0.15) is 0 Å². The zero-order valence-electron chi connectivity index (χ0n) is 19.7. The quantitative estimate of drug-likeness (QED) is 0.298. The molecule has 190 valence electrons. The number of ether oxygens (including phenoxy) is 1. The van der Waals surface area contributed by atoms with Gasteiger partial charge in [0.05, 0.1) is 26.1 Å². The van der Waals surface area contributed by atoms with Crippen LogP contribution in [0.1, 0.15) is 18.9 Å². The summed E-state index contributed by atoms with van der Waals surface area (Å²) in [5.41, 5.74) is 0.671. The van der Waals surface area contributed by atoms with Crippen LogP contribution in [0.25, 0.3) is 0 Å². The maximum atomic E-state index is 13.1. The molecule has 0 unspecified atom stereocenters. The van der Waals surface area contributed by atoms with Gasteiger partial charge < -0.3 is 25.4 Å². The smallest absolute Gasteiger partial charge is 0.334 e. The van der Waals surface area contributed by atoms with Gasteiger partial charge >= 0.3 is 12.0 Å². The third-order valence-corrected chi connectivity index (χ3v) is 5.23. The summed E-state index contributed by atoms with van der Waals surface area (Å²) in [5.74, 6) is -0.858. The number of urea groups is 1. The lowest BCUT2D eigenvalue weighted by atomic mass is 10.1. The lowest BCUT2D eigenvalue weighted by Gasteiger charge is -2.43. The molecule has 12 heteroatoms. The van der Waals surface area contributed by atoms with Crippen molar-refractivity contribution in [1.29, 1.82) is 0 Å². The van der Waals surface area contributed by atoms with Crippen molar-refractivity contribution < 1.29 is 33.4 Å². The minimum absolute atomic E-state index is 0.0352. The molecule has 1 aliphatic rings. The molecule has 2 rings (SSSR count). The van der Waals surface area contributed by atoms with E-state index in [0.29, 0.717) is 5.56 Å². The molecule has 1 aromatic carbocycles. The summed E-state index contributed by atoms with van der Waals surface area (Å²) in [6.45, 7) is 1.60. The molecule has 1 aromatic rings. The molecule has 3 N–H and O–H groups in total. The first-order chi connectivity index (χ1) is 16.6. The molecule has 1 aliphatic heterocycles. The molecular weight excluding hydrogens is 461 g/mol. The van der Waals surface area contributed by atoms with E-state index in [4.69, 9.17) is 16.3 Å². The molecule has 2 atom stereocenters. The highest BCUT2D eigenvalue weighted by atomic mass is 19.1. The van der Waals surface area contributed by atoms with Gasteiger partial charge in [0.15, 0.2) is 0 Å². The van der Waals surface area contributed by atoms with Crippen LogP contribution in [-0.2, 0) is 25.7 Å². The SMILES string of the molecule is C#CCOCCN(C[C@H]1NC(=O)CN(C)N1C(=O)NCc1ccc(F)cc1)C(=O)[C@@H](C)CC(=O)O. The van der Waals surface area contributed by atoms with Crippen LogP contribution in [-0.4, -0.2) is 89.9 Å². The summed E-state index contributed by atoms with van der Waals surface area (Å²) in [6, 6.07) is 5.09. The van der Waals surface area contributed by atoms with Gasteiger partial charge in [-0.05, 0) is 17.7 Å². The van der Waals surface area contributed by atoms with Crippen molar-refractivity contribution in [2.24, 2.45) is 5.92 Å². The second-order valence-corrected chi connectivity index (χ2v) is 8.07. The highest BCUT2D eigenvalue weighted by molar-refractivity contribution is 5.84. The summed E-state index contributed by atoms with van der Waals surface area (Å²) < 4.78 is 18.4. The fourth-order valence-electron chi connectivity index (χ4n) is 3.56. The number of hydrazine groups is 1. The van der Waals surface area contributed by atoms with Crippen molar-refractivity contribution in [3.63, 3.8) is 0 Å². The standard InChI is InChI=1S/C23H30FN5O6/c1-4-10-35-11-9-28(22(33)16(2)12-21(31)32)14-19-26-20(30)15-27(3)29(19)23(34)25-13-17-5-7-18(24)8-6-17/h1,5-8,16,19H,9-15H2,2-3H3,(H,25,34)(H,26,30)(H,31,32)/t16-,19-/m0/s1. The van der Waals surface area contributed by atoms with Gasteiger partial charge in [-0.1, -0.05) is 25.0 Å². The topological polar surface area (TPSA) is 132 Å². The van der Waals surface area contributed by atoms with Crippen LogP contribution in [0.2, 0.25) is 0 Å². The molecule has 1 heterocycles. The third kappa shape index (κ3) is 8.55. The maximum absolute atomic E-state index is 13.1. The Kier molecular flexibility index (Phi) is 10.4. The van der Waals surface area contributed by atoms with Crippen LogP contribution >= 0.6 is 0 Å². The summed E-state index contributed by atoms with van der Waals surface area (Å²) >= 11 is 0. The van der Waals surface area contributed by atoms with Crippen molar-refractivity contribution in [1.82, 2.24) is 25.6 Å². The number of carboxylic acids is 1. The molecule has 35 heavy (non-hydrogen) atoms. The monoisotopic (exact) mass is 491 g/mol. The first-order valence-corrected chi connectivity index (χ1v) is 11.0. The number of carbonyl (C=O) groups is 4. The van der Waals surface area contributed by atoms with E-state index >= 15 is 0 Å². The average Bonchev–Trinajstić information content (AvgIpc) is 2.79. The van der Waals surface area contributed by atoms with Gasteiger partial charge in [0.2, 0.25) is 11.8 Å². The predicted molar refractivity (Wildman–Crippen MR) is 123 cm³/mol. The van der Waals surface area contributed by atoms with Gasteiger partial charge in [-0.15, -0.1) is 6.42 Å². The minimum atomic E-state index is -1.12. The first-order valence-electron chi connectivity index (χ1n) is 11.0. The zero-order valence-corrected chi connectivity index (χ0v) is 19.7. The van der Waals surface area contributed by atoms with E-state index in [9.17, 15) is 23.6 Å². The Morgan fingerprint density at radius 3 is 2.69 bits per heavy atom. The minimum Gasteiger partial charge on any atom is -0.481 e.